The van der Waals surface area contributed by atoms with Crippen LogP contribution in [-0.2, 0) is 36.1 Å². The highest BCUT2D eigenvalue weighted by Crippen LogP contribution is 2.50. The van der Waals surface area contributed by atoms with E-state index in [1.807, 2.05) is 6.08 Å². The first kappa shape index (κ1) is 30.0. The summed E-state index contributed by atoms with van der Waals surface area (Å²) in [7, 11) is 4.60. The lowest BCUT2D eigenvalue weighted by Crippen LogP contribution is -2.40. The highest BCUT2D eigenvalue weighted by molar-refractivity contribution is 6.23. The summed E-state index contributed by atoms with van der Waals surface area (Å²) in [6.45, 7) is 1.54. The van der Waals surface area contributed by atoms with Gasteiger partial charge in [0.1, 0.15) is 11.4 Å². The molecule has 2 atom stereocenters. The van der Waals surface area contributed by atoms with Gasteiger partial charge in [-0.1, -0.05) is 18.2 Å². The quantitative estimate of drug-likeness (QED) is 0.247. The predicted octanol–water partition coefficient (Wildman–Crippen LogP) is 2.09. The Morgan fingerprint density at radius 2 is 1.74 bits per heavy atom. The van der Waals surface area contributed by atoms with Crippen molar-refractivity contribution in [3.63, 3.8) is 0 Å². The number of fused-ring (bicyclic) bond motifs is 4. The molecule has 2 aromatic carbocycles. The van der Waals surface area contributed by atoms with Crippen LogP contribution in [0.2, 0.25) is 0 Å². The minimum atomic E-state index is -0.728. The monoisotopic (exact) mass is 637 g/mol. The molecule has 3 heterocycles. The van der Waals surface area contributed by atoms with Crippen LogP contribution in [0.3, 0.4) is 0 Å². The third-order valence-electron chi connectivity index (χ3n) is 9.34. The van der Waals surface area contributed by atoms with Gasteiger partial charge in [0.2, 0.25) is 0 Å². The molecule has 13 heteroatoms. The molecule has 0 fully saturated rings. The van der Waals surface area contributed by atoms with Crippen LogP contribution in [-0.4, -0.2) is 54.4 Å². The molecule has 1 aliphatic heterocycles. The molecule has 13 nitrogen and oxygen atoms in total. The van der Waals surface area contributed by atoms with Crippen LogP contribution in [0.5, 0.6) is 17.2 Å². The maximum absolute atomic E-state index is 14.0. The lowest BCUT2D eigenvalue weighted by atomic mass is 9.68. The van der Waals surface area contributed by atoms with Gasteiger partial charge in [-0.05, 0) is 36.3 Å². The second-order valence-corrected chi connectivity index (χ2v) is 11.9. The zero-order valence-electron chi connectivity index (χ0n) is 26.1. The summed E-state index contributed by atoms with van der Waals surface area (Å²) in [6, 6.07) is 9.07. The fourth-order valence-corrected chi connectivity index (χ4v) is 7.05. The van der Waals surface area contributed by atoms with E-state index < -0.39 is 23.3 Å². The molecular formula is C34H31N5O8. The maximum atomic E-state index is 14.0. The number of benzene rings is 2. The summed E-state index contributed by atoms with van der Waals surface area (Å²) < 4.78 is 15.9. The molecule has 0 unspecified atom stereocenters. The van der Waals surface area contributed by atoms with E-state index in [-0.39, 0.29) is 60.1 Å². The first-order valence-electron chi connectivity index (χ1n) is 15.1. The van der Waals surface area contributed by atoms with E-state index in [0.717, 1.165) is 4.57 Å². The largest absolute Gasteiger partial charge is 0.508 e. The molecule has 4 aromatic rings. The predicted molar refractivity (Wildman–Crippen MR) is 170 cm³/mol. The summed E-state index contributed by atoms with van der Waals surface area (Å²) in [6.07, 6.45) is 3.18. The Bertz CT molecular complexity index is 2330. The number of phenolic OH excluding ortho intramolecular Hbond substituents is 1. The molecule has 0 saturated carbocycles. The van der Waals surface area contributed by atoms with E-state index in [4.69, 9.17) is 9.47 Å². The minimum absolute atomic E-state index is 0.000647. The average Bonchev–Trinajstić information content (AvgIpc) is 3.31. The van der Waals surface area contributed by atoms with E-state index in [2.05, 4.69) is 4.98 Å². The first-order valence-corrected chi connectivity index (χ1v) is 15.1. The number of hydrogen-bond acceptors (Lipinski definition) is 9. The topological polar surface area (TPSA) is 157 Å². The van der Waals surface area contributed by atoms with Crippen LogP contribution in [0.4, 0.5) is 0 Å². The van der Waals surface area contributed by atoms with Gasteiger partial charge in [0.25, 0.3) is 5.56 Å². The molecule has 0 spiro atoms. The van der Waals surface area contributed by atoms with Crippen molar-refractivity contribution < 1.29 is 24.2 Å². The molecule has 2 aliphatic carbocycles. The number of carbonyl (C=O) groups is 2. The number of phenols is 1. The molecule has 7 rings (SSSR count). The van der Waals surface area contributed by atoms with Crippen LogP contribution in [0.1, 0.15) is 36.6 Å². The Labute approximate surface area is 266 Å². The third kappa shape index (κ3) is 4.52. The molecule has 0 bridgehead atoms. The van der Waals surface area contributed by atoms with Crippen LogP contribution in [0.25, 0.3) is 11.0 Å². The summed E-state index contributed by atoms with van der Waals surface area (Å²) in [4.78, 5) is 72.3. The number of ether oxygens (including phenoxy) is 2. The van der Waals surface area contributed by atoms with Crippen LogP contribution < -0.4 is 26.4 Å². The Morgan fingerprint density at radius 1 is 1.00 bits per heavy atom. The van der Waals surface area contributed by atoms with Gasteiger partial charge >= 0.3 is 11.4 Å². The fourth-order valence-electron chi connectivity index (χ4n) is 7.05. The molecule has 47 heavy (non-hydrogen) atoms. The second kappa shape index (κ2) is 11.0. The van der Waals surface area contributed by atoms with Crippen molar-refractivity contribution in [2.75, 3.05) is 14.2 Å². The number of hydrogen-bond donors (Lipinski definition) is 1. The number of rotatable bonds is 6. The SMILES string of the molecule is COc1cc2nc(CCn3c(=O)n4n(c3=O)[C@@H]3CC5=C(C(=O)C(C)=CC5=O)[C@@H](c5cccc(O)c5)C3=CC4)c(=O)n(C)c2cc1OC. The maximum Gasteiger partial charge on any atom is 0.347 e. The number of methoxy groups -OCH3 is 2. The summed E-state index contributed by atoms with van der Waals surface area (Å²) >= 11 is 0. The Morgan fingerprint density at radius 3 is 2.47 bits per heavy atom. The summed E-state index contributed by atoms with van der Waals surface area (Å²) in [5.41, 5.74) is 1.85. The number of aromatic nitrogens is 5. The van der Waals surface area contributed by atoms with E-state index in [9.17, 15) is 29.1 Å². The number of Topliss-reactive ketones (excluding diaryl/α,β-unsaturated/α-hetero) is 1. The van der Waals surface area contributed by atoms with Gasteiger partial charge in [-0.25, -0.2) is 28.5 Å². The fraction of sp³-hybridized carbons (Fsp3) is 0.294. The Balaban J connectivity index is 1.29. The van der Waals surface area contributed by atoms with Gasteiger partial charge in [0.15, 0.2) is 23.1 Å². The van der Waals surface area contributed by atoms with Crippen molar-refractivity contribution in [2.24, 2.45) is 7.05 Å². The minimum Gasteiger partial charge on any atom is -0.508 e. The zero-order chi connectivity index (χ0) is 33.3. The van der Waals surface area contributed by atoms with Crippen molar-refractivity contribution in [1.29, 1.82) is 0 Å². The highest BCUT2D eigenvalue weighted by atomic mass is 16.5. The lowest BCUT2D eigenvalue weighted by molar-refractivity contribution is -0.116. The zero-order valence-corrected chi connectivity index (χ0v) is 26.1. The standard InChI is InChI=1S/C34H31N5O8/c1-17-12-26(41)21-14-24-20(29(30(21)31(17)42)18-6-5-7-19(40)13-18)8-11-38-33(44)37(34(45)39(24)38)10-9-22-32(43)36(2)25-16-28(47-4)27(46-3)15-23(25)35-22/h5-8,12-13,15-16,24,29,40H,9-11,14H2,1-4H3/t24-,29+/m1/s1. The Kier molecular flexibility index (Phi) is 6.99. The van der Waals surface area contributed by atoms with Gasteiger partial charge in [-0.2, -0.15) is 0 Å². The van der Waals surface area contributed by atoms with Gasteiger partial charge in [-0.15, -0.1) is 0 Å². The third-order valence-corrected chi connectivity index (χ3v) is 9.34. The molecule has 0 saturated heterocycles. The van der Waals surface area contributed by atoms with E-state index >= 15 is 0 Å². The van der Waals surface area contributed by atoms with Gasteiger partial charge in [0, 0.05) is 61.2 Å². The number of aromatic hydroxyl groups is 1. The van der Waals surface area contributed by atoms with E-state index in [1.165, 1.54) is 40.3 Å². The number of aryl methyl sites for hydroxylation is 2. The average molecular weight is 638 g/mol. The highest BCUT2D eigenvalue weighted by Gasteiger charge is 2.44. The molecule has 2 aromatic heterocycles. The van der Waals surface area contributed by atoms with Gasteiger partial charge in [-0.3, -0.25) is 14.4 Å². The number of allylic oxidation sites excluding steroid dienone is 6. The van der Waals surface area contributed by atoms with Crippen LogP contribution >= 0.6 is 0 Å². The molecule has 240 valence electrons. The molecule has 3 aliphatic rings. The number of nitrogens with zero attached hydrogens (tertiary/aromatic N) is 5. The summed E-state index contributed by atoms with van der Waals surface area (Å²) in [5.74, 6) is -0.402. The lowest BCUT2D eigenvalue weighted by Gasteiger charge is -2.39. The van der Waals surface area contributed by atoms with Gasteiger partial charge in [0.05, 0.1) is 37.8 Å². The van der Waals surface area contributed by atoms with Crippen molar-refractivity contribution >= 4 is 22.6 Å². The molecule has 0 amide bonds. The van der Waals surface area contributed by atoms with Crippen molar-refractivity contribution in [1.82, 2.24) is 23.5 Å². The number of ketones is 2. The Hall–Kier alpha value is -5.72. The molecule has 0 radical (unpaired) electrons. The number of carbonyl (C=O) groups excluding carboxylic acids is 2. The van der Waals surface area contributed by atoms with Gasteiger partial charge < -0.3 is 19.1 Å². The molecular weight excluding hydrogens is 606 g/mol. The van der Waals surface area contributed by atoms with Crippen molar-refractivity contribution in [2.45, 2.75) is 44.8 Å². The van der Waals surface area contributed by atoms with E-state index in [0.29, 0.717) is 44.8 Å². The van der Waals surface area contributed by atoms with Crippen molar-refractivity contribution in [3.05, 3.63) is 113 Å². The van der Waals surface area contributed by atoms with Crippen LogP contribution in [0, 0.1) is 0 Å². The summed E-state index contributed by atoms with van der Waals surface area (Å²) in [5, 5.41) is 10.3. The second-order valence-electron chi connectivity index (χ2n) is 11.9. The smallest absolute Gasteiger partial charge is 0.347 e. The van der Waals surface area contributed by atoms with Crippen molar-refractivity contribution in [3.8, 4) is 17.2 Å². The normalized spacial score (nSPS) is 18.8. The molecule has 1 N–H and O–H groups in total. The first-order chi connectivity index (χ1) is 22.5. The van der Waals surface area contributed by atoms with Crippen LogP contribution in [0.15, 0.2) is 85.2 Å². The van der Waals surface area contributed by atoms with E-state index in [1.54, 1.807) is 44.3 Å².